The van der Waals surface area contributed by atoms with Crippen molar-refractivity contribution in [2.24, 2.45) is 0 Å². The molecule has 0 atom stereocenters. The summed E-state index contributed by atoms with van der Waals surface area (Å²) < 4.78 is 6.86. The zero-order chi connectivity index (χ0) is 34.7. The molecule has 2 aliphatic rings. The maximum Gasteiger partial charge on any atom is 0.160 e. The van der Waals surface area contributed by atoms with E-state index in [2.05, 4.69) is 193 Å². The Bertz CT molecular complexity index is 3100. The molecule has 1 spiro atoms. The molecule has 0 fully saturated rings. The number of furan rings is 1. The quantitative estimate of drug-likeness (QED) is 0.186. The van der Waals surface area contributed by atoms with E-state index in [1.165, 1.54) is 66.1 Å². The van der Waals surface area contributed by atoms with Gasteiger partial charge in [-0.2, -0.15) is 0 Å². The molecule has 0 saturated carbocycles. The number of hydrogen-bond donors (Lipinski definition) is 0. The summed E-state index contributed by atoms with van der Waals surface area (Å²) in [6.07, 6.45) is 0. The zero-order valence-electron chi connectivity index (χ0n) is 28.8. The molecule has 1 aromatic heterocycles. The molecule has 0 bridgehead atoms. The smallest absolute Gasteiger partial charge is 0.160 e. The van der Waals surface area contributed by atoms with Gasteiger partial charge in [0.05, 0.1) is 11.1 Å². The lowest BCUT2D eigenvalue weighted by atomic mass is 9.70. The number of hydrogen-bond acceptors (Lipinski definition) is 2. The lowest BCUT2D eigenvalue weighted by Crippen LogP contribution is -2.25. The van der Waals surface area contributed by atoms with E-state index in [0.717, 1.165) is 39.0 Å². The molecule has 12 rings (SSSR count). The molecule has 9 aromatic carbocycles. The minimum atomic E-state index is -0.389. The van der Waals surface area contributed by atoms with E-state index < -0.39 is 0 Å². The summed E-state index contributed by atoms with van der Waals surface area (Å²) in [5.74, 6) is 0. The fraction of sp³-hybridized carbons (Fsp3) is 0.0196. The molecule has 0 aliphatic heterocycles. The normalized spacial score (nSPS) is 13.4. The Morgan fingerprint density at radius 2 is 0.906 bits per heavy atom. The predicted molar refractivity (Wildman–Crippen MR) is 220 cm³/mol. The van der Waals surface area contributed by atoms with Crippen molar-refractivity contribution in [3.05, 3.63) is 210 Å². The third-order valence-electron chi connectivity index (χ3n) is 11.8. The van der Waals surface area contributed by atoms with Crippen molar-refractivity contribution < 1.29 is 4.42 Å². The number of anilines is 3. The van der Waals surface area contributed by atoms with Crippen molar-refractivity contribution >= 4 is 60.5 Å². The van der Waals surface area contributed by atoms with Gasteiger partial charge in [0.25, 0.3) is 0 Å². The van der Waals surface area contributed by atoms with Crippen molar-refractivity contribution in [1.29, 1.82) is 0 Å². The maximum absolute atomic E-state index is 6.86. The van der Waals surface area contributed by atoms with Gasteiger partial charge in [-0.1, -0.05) is 152 Å². The van der Waals surface area contributed by atoms with Gasteiger partial charge in [-0.3, -0.25) is 0 Å². The van der Waals surface area contributed by atoms with E-state index in [4.69, 9.17) is 4.42 Å². The third-order valence-corrected chi connectivity index (χ3v) is 11.8. The number of benzene rings is 9. The van der Waals surface area contributed by atoms with Crippen molar-refractivity contribution in [2.45, 2.75) is 5.41 Å². The molecule has 1 heterocycles. The predicted octanol–water partition coefficient (Wildman–Crippen LogP) is 13.7. The van der Waals surface area contributed by atoms with Crippen LogP contribution in [0.5, 0.6) is 0 Å². The molecule has 0 radical (unpaired) electrons. The number of fused-ring (bicyclic) bond motifs is 16. The standard InChI is InChI=1S/C51H31NO/c1-2-14-33-29-35(26-25-32(33)13-1)52(47-30-34-15-3-4-16-37(34)49-41-20-8-12-24-48(41)53-50(47)49)36-27-28-46-42(31-36)40-19-7-11-23-45(40)51(46)43-21-9-5-17-38(43)39-18-6-10-22-44(39)51/h1-31H. The van der Waals surface area contributed by atoms with Crippen LogP contribution in [0.4, 0.5) is 17.1 Å². The molecule has 2 heteroatoms. The molecule has 10 aromatic rings. The fourth-order valence-electron chi connectivity index (χ4n) is 9.69. The molecule has 0 unspecified atom stereocenters. The minimum absolute atomic E-state index is 0.389. The van der Waals surface area contributed by atoms with Gasteiger partial charge in [-0.15, -0.1) is 0 Å². The average Bonchev–Trinajstić information content (AvgIpc) is 3.86. The topological polar surface area (TPSA) is 16.4 Å². The van der Waals surface area contributed by atoms with Crippen LogP contribution < -0.4 is 4.90 Å². The molecule has 2 nitrogen and oxygen atoms in total. The Labute approximate surface area is 306 Å². The van der Waals surface area contributed by atoms with Crippen molar-refractivity contribution in [2.75, 3.05) is 4.90 Å². The van der Waals surface area contributed by atoms with E-state index in [9.17, 15) is 0 Å². The van der Waals surface area contributed by atoms with Crippen LogP contribution in [0, 0.1) is 0 Å². The lowest BCUT2D eigenvalue weighted by Gasteiger charge is -2.31. The Hall–Kier alpha value is -6.90. The van der Waals surface area contributed by atoms with Gasteiger partial charge in [0.15, 0.2) is 5.58 Å². The van der Waals surface area contributed by atoms with Gasteiger partial charge in [0.2, 0.25) is 0 Å². The summed E-state index contributed by atoms with van der Waals surface area (Å²) in [5.41, 5.74) is 15.1. The Morgan fingerprint density at radius 1 is 0.377 bits per heavy atom. The second-order valence-electron chi connectivity index (χ2n) is 14.4. The van der Waals surface area contributed by atoms with Crippen LogP contribution in [0.15, 0.2) is 192 Å². The van der Waals surface area contributed by atoms with E-state index >= 15 is 0 Å². The summed E-state index contributed by atoms with van der Waals surface area (Å²) in [6.45, 7) is 0. The maximum atomic E-state index is 6.86. The highest BCUT2D eigenvalue weighted by atomic mass is 16.3. The Kier molecular flexibility index (Phi) is 5.73. The summed E-state index contributed by atoms with van der Waals surface area (Å²) >= 11 is 0. The summed E-state index contributed by atoms with van der Waals surface area (Å²) in [4.78, 5) is 2.41. The highest BCUT2D eigenvalue weighted by Crippen LogP contribution is 2.63. The molecule has 2 aliphatic carbocycles. The summed E-state index contributed by atoms with van der Waals surface area (Å²) in [5, 5.41) is 7.05. The highest BCUT2D eigenvalue weighted by molar-refractivity contribution is 6.23. The van der Waals surface area contributed by atoms with Crippen LogP contribution in [0.3, 0.4) is 0 Å². The SMILES string of the molecule is c1ccc2c(c1)-c1ccccc1C21c2ccccc2-c2cc(N(c3ccc4ccccc4c3)c3cc4ccccc4c4c3oc3ccccc34)ccc21. The van der Waals surface area contributed by atoms with E-state index in [1.54, 1.807) is 0 Å². The molecular formula is C51H31NO. The fourth-order valence-corrected chi connectivity index (χ4v) is 9.69. The average molecular weight is 674 g/mol. The van der Waals surface area contributed by atoms with Gasteiger partial charge in [0.1, 0.15) is 5.58 Å². The summed E-state index contributed by atoms with van der Waals surface area (Å²) in [6, 6.07) is 69.0. The highest BCUT2D eigenvalue weighted by Gasteiger charge is 2.51. The van der Waals surface area contributed by atoms with Gasteiger partial charge in [0, 0.05) is 22.1 Å². The van der Waals surface area contributed by atoms with Crippen LogP contribution in [0.2, 0.25) is 0 Å². The van der Waals surface area contributed by atoms with Gasteiger partial charge < -0.3 is 9.32 Å². The third kappa shape index (κ3) is 3.77. The number of para-hydroxylation sites is 1. The second-order valence-corrected chi connectivity index (χ2v) is 14.4. The number of nitrogens with zero attached hydrogens (tertiary/aromatic N) is 1. The first-order valence-corrected chi connectivity index (χ1v) is 18.3. The zero-order valence-corrected chi connectivity index (χ0v) is 28.8. The summed E-state index contributed by atoms with van der Waals surface area (Å²) in [7, 11) is 0. The monoisotopic (exact) mass is 673 g/mol. The van der Waals surface area contributed by atoms with Crippen molar-refractivity contribution in [3.63, 3.8) is 0 Å². The number of rotatable bonds is 3. The molecular weight excluding hydrogens is 643 g/mol. The van der Waals surface area contributed by atoms with Crippen LogP contribution >= 0.6 is 0 Å². The van der Waals surface area contributed by atoms with Crippen LogP contribution in [0.1, 0.15) is 22.3 Å². The van der Waals surface area contributed by atoms with Crippen LogP contribution in [-0.4, -0.2) is 0 Å². The van der Waals surface area contributed by atoms with E-state index in [1.807, 2.05) is 0 Å². The van der Waals surface area contributed by atoms with Gasteiger partial charge in [-0.25, -0.2) is 0 Å². The first kappa shape index (κ1) is 28.8. The first-order chi connectivity index (χ1) is 26.3. The minimum Gasteiger partial charge on any atom is -0.454 e. The Morgan fingerprint density at radius 3 is 1.64 bits per heavy atom. The van der Waals surface area contributed by atoms with Crippen LogP contribution in [0.25, 0.3) is 65.7 Å². The molecule has 0 amide bonds. The van der Waals surface area contributed by atoms with Crippen LogP contribution in [-0.2, 0) is 5.41 Å². The van der Waals surface area contributed by atoms with Gasteiger partial charge >= 0.3 is 0 Å². The molecule has 0 N–H and O–H groups in total. The largest absolute Gasteiger partial charge is 0.454 e. The van der Waals surface area contributed by atoms with E-state index in [-0.39, 0.29) is 5.41 Å². The van der Waals surface area contributed by atoms with Gasteiger partial charge in [-0.05, 0) is 102 Å². The molecule has 0 saturated heterocycles. The molecule has 246 valence electrons. The molecule has 53 heavy (non-hydrogen) atoms. The Balaban J connectivity index is 1.18. The van der Waals surface area contributed by atoms with E-state index in [0.29, 0.717) is 0 Å². The lowest BCUT2D eigenvalue weighted by molar-refractivity contribution is 0.669. The first-order valence-electron chi connectivity index (χ1n) is 18.3. The van der Waals surface area contributed by atoms with Crippen molar-refractivity contribution in [1.82, 2.24) is 0 Å². The van der Waals surface area contributed by atoms with Crippen molar-refractivity contribution in [3.8, 4) is 22.3 Å². The second kappa shape index (κ2) is 10.6.